The summed E-state index contributed by atoms with van der Waals surface area (Å²) >= 11 is 0. The Morgan fingerprint density at radius 1 is 1.14 bits per heavy atom. The monoisotopic (exact) mass is 297 g/mol. The molecule has 0 amide bonds. The van der Waals surface area contributed by atoms with Crippen molar-refractivity contribution in [3.63, 3.8) is 0 Å². The SMILES string of the molecule is C[C@H](NCOCC1c2ccccc2-c2ccccc21)C(=O)O. The van der Waals surface area contributed by atoms with E-state index in [2.05, 4.69) is 41.7 Å². The zero-order chi connectivity index (χ0) is 15.5. The molecule has 0 fully saturated rings. The predicted molar refractivity (Wildman–Crippen MR) is 84.8 cm³/mol. The van der Waals surface area contributed by atoms with Crippen LogP contribution in [-0.2, 0) is 9.53 Å². The van der Waals surface area contributed by atoms with Gasteiger partial charge in [0.1, 0.15) is 6.04 Å². The molecule has 1 aliphatic carbocycles. The zero-order valence-corrected chi connectivity index (χ0v) is 12.5. The molecular weight excluding hydrogens is 278 g/mol. The smallest absolute Gasteiger partial charge is 0.320 e. The summed E-state index contributed by atoms with van der Waals surface area (Å²) in [5.41, 5.74) is 5.07. The number of carbonyl (C=O) groups is 1. The Morgan fingerprint density at radius 2 is 1.68 bits per heavy atom. The Kier molecular flexibility index (Phi) is 4.22. The van der Waals surface area contributed by atoms with Gasteiger partial charge in [0.15, 0.2) is 0 Å². The topological polar surface area (TPSA) is 58.6 Å². The van der Waals surface area contributed by atoms with Crippen LogP contribution >= 0.6 is 0 Å². The van der Waals surface area contributed by atoms with Crippen LogP contribution in [0.5, 0.6) is 0 Å². The second-order valence-electron chi connectivity index (χ2n) is 5.51. The van der Waals surface area contributed by atoms with Gasteiger partial charge in [-0.1, -0.05) is 48.5 Å². The first-order chi connectivity index (χ1) is 10.7. The van der Waals surface area contributed by atoms with Gasteiger partial charge in [-0.05, 0) is 29.2 Å². The lowest BCUT2D eigenvalue weighted by Crippen LogP contribution is -2.35. The van der Waals surface area contributed by atoms with Crippen molar-refractivity contribution in [2.75, 3.05) is 13.3 Å². The summed E-state index contributed by atoms with van der Waals surface area (Å²) in [7, 11) is 0. The van der Waals surface area contributed by atoms with Crippen molar-refractivity contribution in [1.82, 2.24) is 5.32 Å². The molecular formula is C18H19NO3. The van der Waals surface area contributed by atoms with Crippen LogP contribution in [-0.4, -0.2) is 30.5 Å². The van der Waals surface area contributed by atoms with Gasteiger partial charge in [-0.15, -0.1) is 0 Å². The summed E-state index contributed by atoms with van der Waals surface area (Å²) in [5.74, 6) is -0.672. The molecule has 114 valence electrons. The number of fused-ring (bicyclic) bond motifs is 3. The summed E-state index contributed by atoms with van der Waals surface area (Å²) in [5, 5.41) is 11.7. The lowest BCUT2D eigenvalue weighted by molar-refractivity contribution is -0.139. The number of hydrogen-bond acceptors (Lipinski definition) is 3. The van der Waals surface area contributed by atoms with Crippen molar-refractivity contribution >= 4 is 5.97 Å². The Bertz CT molecular complexity index is 638. The second kappa shape index (κ2) is 6.30. The van der Waals surface area contributed by atoms with E-state index in [4.69, 9.17) is 9.84 Å². The molecule has 1 atom stereocenters. The molecule has 2 aromatic carbocycles. The molecule has 4 nitrogen and oxygen atoms in total. The standard InChI is InChI=1S/C18H19NO3/c1-12(18(20)21)19-11-22-10-17-15-8-4-2-6-13(15)14-7-3-5-9-16(14)17/h2-9,12,17,19H,10-11H2,1H3,(H,20,21)/t12-/m0/s1. The van der Waals surface area contributed by atoms with Gasteiger partial charge >= 0.3 is 5.97 Å². The molecule has 1 aliphatic rings. The number of nitrogens with one attached hydrogen (secondary N) is 1. The maximum atomic E-state index is 10.8. The van der Waals surface area contributed by atoms with E-state index in [-0.39, 0.29) is 12.6 Å². The number of ether oxygens (including phenoxy) is 1. The third kappa shape index (κ3) is 2.75. The highest BCUT2D eigenvalue weighted by atomic mass is 16.5. The third-order valence-corrected chi connectivity index (χ3v) is 4.11. The van der Waals surface area contributed by atoms with Gasteiger partial charge in [-0.3, -0.25) is 10.1 Å². The molecule has 0 unspecified atom stereocenters. The van der Waals surface area contributed by atoms with Crippen molar-refractivity contribution in [1.29, 1.82) is 0 Å². The molecule has 3 rings (SSSR count). The van der Waals surface area contributed by atoms with E-state index in [1.54, 1.807) is 6.92 Å². The average Bonchev–Trinajstić information content (AvgIpc) is 2.86. The van der Waals surface area contributed by atoms with Crippen LogP contribution in [0.2, 0.25) is 0 Å². The fraction of sp³-hybridized carbons (Fsp3) is 0.278. The molecule has 0 bridgehead atoms. The summed E-state index contributed by atoms with van der Waals surface area (Å²) < 4.78 is 5.68. The molecule has 22 heavy (non-hydrogen) atoms. The summed E-state index contributed by atoms with van der Waals surface area (Å²) in [6.07, 6.45) is 0. The molecule has 0 radical (unpaired) electrons. The molecule has 0 aliphatic heterocycles. The van der Waals surface area contributed by atoms with Crippen LogP contribution in [0.4, 0.5) is 0 Å². The first kappa shape index (κ1) is 14.8. The van der Waals surface area contributed by atoms with Crippen molar-refractivity contribution in [2.45, 2.75) is 18.9 Å². The Morgan fingerprint density at radius 3 is 2.23 bits per heavy atom. The summed E-state index contributed by atoms with van der Waals surface area (Å²) in [6, 6.07) is 16.1. The van der Waals surface area contributed by atoms with Crippen LogP contribution in [0.3, 0.4) is 0 Å². The van der Waals surface area contributed by atoms with Crippen LogP contribution in [0.15, 0.2) is 48.5 Å². The number of carboxylic acid groups (broad SMARTS) is 1. The maximum absolute atomic E-state index is 10.8. The quantitative estimate of drug-likeness (QED) is 0.636. The highest BCUT2D eigenvalue weighted by molar-refractivity contribution is 5.78. The molecule has 0 aromatic heterocycles. The fourth-order valence-corrected chi connectivity index (χ4v) is 2.89. The predicted octanol–water partition coefficient (Wildman–Crippen LogP) is 2.84. The van der Waals surface area contributed by atoms with Crippen LogP contribution in [0.25, 0.3) is 11.1 Å². The van der Waals surface area contributed by atoms with Crippen LogP contribution < -0.4 is 5.32 Å². The van der Waals surface area contributed by atoms with Crippen LogP contribution in [0.1, 0.15) is 24.0 Å². The fourth-order valence-electron chi connectivity index (χ4n) is 2.89. The summed E-state index contributed by atoms with van der Waals surface area (Å²) in [4.78, 5) is 10.8. The van der Waals surface area contributed by atoms with E-state index in [9.17, 15) is 4.79 Å². The lowest BCUT2D eigenvalue weighted by Gasteiger charge is -2.15. The minimum Gasteiger partial charge on any atom is -0.480 e. The summed E-state index contributed by atoms with van der Waals surface area (Å²) in [6.45, 7) is 2.37. The van der Waals surface area contributed by atoms with E-state index in [1.165, 1.54) is 22.3 Å². The van der Waals surface area contributed by atoms with E-state index in [0.717, 1.165) is 0 Å². The van der Waals surface area contributed by atoms with Crippen molar-refractivity contribution in [3.05, 3.63) is 59.7 Å². The van der Waals surface area contributed by atoms with E-state index >= 15 is 0 Å². The minimum absolute atomic E-state index is 0.203. The van der Waals surface area contributed by atoms with Gasteiger partial charge < -0.3 is 9.84 Å². The lowest BCUT2D eigenvalue weighted by atomic mass is 9.98. The highest BCUT2D eigenvalue weighted by Gasteiger charge is 2.27. The molecule has 2 N–H and O–H groups in total. The van der Waals surface area contributed by atoms with Crippen molar-refractivity contribution < 1.29 is 14.6 Å². The van der Waals surface area contributed by atoms with E-state index in [0.29, 0.717) is 6.61 Å². The molecule has 0 spiro atoms. The molecule has 4 heteroatoms. The normalized spacial score (nSPS) is 14.4. The minimum atomic E-state index is -0.875. The Labute approximate surface area is 129 Å². The highest BCUT2D eigenvalue weighted by Crippen LogP contribution is 2.44. The molecule has 0 saturated heterocycles. The largest absolute Gasteiger partial charge is 0.480 e. The number of benzene rings is 2. The van der Waals surface area contributed by atoms with Gasteiger partial charge in [0.05, 0.1) is 13.3 Å². The Balaban J connectivity index is 1.70. The number of hydrogen-bond donors (Lipinski definition) is 2. The van der Waals surface area contributed by atoms with Crippen molar-refractivity contribution in [2.24, 2.45) is 0 Å². The van der Waals surface area contributed by atoms with Gasteiger partial charge in [0.2, 0.25) is 0 Å². The first-order valence-electron chi connectivity index (χ1n) is 7.40. The zero-order valence-electron chi connectivity index (χ0n) is 12.5. The van der Waals surface area contributed by atoms with Gasteiger partial charge in [-0.25, -0.2) is 0 Å². The number of rotatable bonds is 6. The first-order valence-corrected chi connectivity index (χ1v) is 7.40. The number of carboxylic acids is 1. The second-order valence-corrected chi connectivity index (χ2v) is 5.51. The molecule has 2 aromatic rings. The van der Waals surface area contributed by atoms with Gasteiger partial charge in [-0.2, -0.15) is 0 Å². The average molecular weight is 297 g/mol. The van der Waals surface area contributed by atoms with E-state index in [1.807, 2.05) is 12.1 Å². The maximum Gasteiger partial charge on any atom is 0.320 e. The molecule has 0 heterocycles. The van der Waals surface area contributed by atoms with Gasteiger partial charge in [0.25, 0.3) is 0 Å². The van der Waals surface area contributed by atoms with Crippen molar-refractivity contribution in [3.8, 4) is 11.1 Å². The third-order valence-electron chi connectivity index (χ3n) is 4.11. The van der Waals surface area contributed by atoms with E-state index < -0.39 is 12.0 Å². The van der Waals surface area contributed by atoms with Gasteiger partial charge in [0, 0.05) is 5.92 Å². The molecule has 0 saturated carbocycles. The number of aliphatic carboxylic acids is 1. The Hall–Kier alpha value is -2.17. The van der Waals surface area contributed by atoms with Crippen LogP contribution in [0, 0.1) is 0 Å².